The van der Waals surface area contributed by atoms with Crippen molar-refractivity contribution in [2.45, 2.75) is 25.8 Å². The SMILES string of the molecule is CCC[C@@H](CNC(=O)c1cc(O)ccc1F)N(C)C. The lowest BCUT2D eigenvalue weighted by Gasteiger charge is -2.24. The van der Waals surface area contributed by atoms with Crippen molar-refractivity contribution in [2.24, 2.45) is 0 Å². The van der Waals surface area contributed by atoms with E-state index in [4.69, 9.17) is 0 Å². The molecule has 106 valence electrons. The van der Waals surface area contributed by atoms with E-state index in [1.165, 1.54) is 6.07 Å². The summed E-state index contributed by atoms with van der Waals surface area (Å²) in [5.74, 6) is -1.26. The minimum Gasteiger partial charge on any atom is -0.508 e. The highest BCUT2D eigenvalue weighted by Crippen LogP contribution is 2.15. The van der Waals surface area contributed by atoms with Crippen molar-refractivity contribution < 1.29 is 14.3 Å². The fourth-order valence-electron chi connectivity index (χ4n) is 1.87. The van der Waals surface area contributed by atoms with Crippen molar-refractivity contribution in [3.8, 4) is 5.75 Å². The lowest BCUT2D eigenvalue weighted by molar-refractivity contribution is 0.0936. The zero-order valence-corrected chi connectivity index (χ0v) is 11.6. The first-order chi connectivity index (χ1) is 8.95. The van der Waals surface area contributed by atoms with Crippen LogP contribution in [0.2, 0.25) is 0 Å². The summed E-state index contributed by atoms with van der Waals surface area (Å²) >= 11 is 0. The van der Waals surface area contributed by atoms with Gasteiger partial charge >= 0.3 is 0 Å². The number of amides is 1. The van der Waals surface area contributed by atoms with Crippen molar-refractivity contribution in [3.05, 3.63) is 29.6 Å². The third kappa shape index (κ3) is 4.52. The van der Waals surface area contributed by atoms with Gasteiger partial charge in [-0.3, -0.25) is 4.79 Å². The molecule has 4 nitrogen and oxygen atoms in total. The van der Waals surface area contributed by atoms with Gasteiger partial charge in [-0.15, -0.1) is 0 Å². The quantitative estimate of drug-likeness (QED) is 0.829. The summed E-state index contributed by atoms with van der Waals surface area (Å²) in [7, 11) is 3.89. The zero-order chi connectivity index (χ0) is 14.4. The van der Waals surface area contributed by atoms with Crippen molar-refractivity contribution >= 4 is 5.91 Å². The molecule has 5 heteroatoms. The molecule has 0 aliphatic carbocycles. The predicted molar refractivity (Wildman–Crippen MR) is 72.8 cm³/mol. The number of aromatic hydroxyl groups is 1. The molecule has 0 bridgehead atoms. The number of phenolic OH excluding ortho intramolecular Hbond substituents is 1. The summed E-state index contributed by atoms with van der Waals surface area (Å²) in [4.78, 5) is 13.9. The van der Waals surface area contributed by atoms with Crippen LogP contribution in [0.15, 0.2) is 18.2 Å². The van der Waals surface area contributed by atoms with Gasteiger partial charge < -0.3 is 15.3 Å². The standard InChI is InChI=1S/C14H21FN2O2/c1-4-5-10(17(2)3)9-16-14(19)12-8-11(18)6-7-13(12)15/h6-8,10,18H,4-5,9H2,1-3H3,(H,16,19)/t10-/m0/s1. The third-order valence-corrected chi connectivity index (χ3v) is 3.05. The Kier molecular flexibility index (Phi) is 5.76. The maximum Gasteiger partial charge on any atom is 0.254 e. The number of benzene rings is 1. The van der Waals surface area contributed by atoms with E-state index in [1.807, 2.05) is 19.0 Å². The second-order valence-electron chi connectivity index (χ2n) is 4.78. The van der Waals surface area contributed by atoms with Gasteiger partial charge in [0.2, 0.25) is 0 Å². The highest BCUT2D eigenvalue weighted by molar-refractivity contribution is 5.94. The van der Waals surface area contributed by atoms with Crippen LogP contribution < -0.4 is 5.32 Å². The fourth-order valence-corrected chi connectivity index (χ4v) is 1.87. The van der Waals surface area contributed by atoms with Crippen molar-refractivity contribution in [1.29, 1.82) is 0 Å². The molecule has 1 atom stereocenters. The molecule has 0 aliphatic rings. The van der Waals surface area contributed by atoms with Gasteiger partial charge in [0.25, 0.3) is 5.91 Å². The van der Waals surface area contributed by atoms with Gasteiger partial charge in [0.1, 0.15) is 11.6 Å². The second-order valence-corrected chi connectivity index (χ2v) is 4.78. The number of likely N-dealkylation sites (N-methyl/N-ethyl adjacent to an activating group) is 1. The van der Waals surface area contributed by atoms with Crippen LogP contribution in [0.4, 0.5) is 4.39 Å². The van der Waals surface area contributed by atoms with Crippen LogP contribution >= 0.6 is 0 Å². The molecule has 0 aromatic heterocycles. The normalized spacial score (nSPS) is 12.5. The summed E-state index contributed by atoms with van der Waals surface area (Å²) < 4.78 is 13.5. The molecule has 1 aromatic rings. The minimum absolute atomic E-state index is 0.121. The van der Waals surface area contributed by atoms with Gasteiger partial charge in [0.05, 0.1) is 5.56 Å². The summed E-state index contributed by atoms with van der Waals surface area (Å²) in [5.41, 5.74) is -0.131. The number of hydrogen-bond donors (Lipinski definition) is 2. The highest BCUT2D eigenvalue weighted by Gasteiger charge is 2.15. The Balaban J connectivity index is 2.66. The van der Waals surface area contributed by atoms with Crippen molar-refractivity contribution in [1.82, 2.24) is 10.2 Å². The second kappa shape index (κ2) is 7.09. The van der Waals surface area contributed by atoms with Crippen molar-refractivity contribution in [2.75, 3.05) is 20.6 Å². The third-order valence-electron chi connectivity index (χ3n) is 3.05. The Labute approximate surface area is 113 Å². The lowest BCUT2D eigenvalue weighted by Crippen LogP contribution is -2.40. The molecule has 2 N–H and O–H groups in total. The summed E-state index contributed by atoms with van der Waals surface area (Å²) in [5, 5.41) is 12.0. The average molecular weight is 268 g/mol. The van der Waals surface area contributed by atoms with Crippen LogP contribution in [0.1, 0.15) is 30.1 Å². The summed E-state index contributed by atoms with van der Waals surface area (Å²) in [6.07, 6.45) is 1.97. The Bertz CT molecular complexity index is 435. The minimum atomic E-state index is -0.632. The number of phenols is 1. The van der Waals surface area contributed by atoms with E-state index < -0.39 is 11.7 Å². The van der Waals surface area contributed by atoms with Crippen LogP contribution in [0.5, 0.6) is 5.75 Å². The first-order valence-corrected chi connectivity index (χ1v) is 6.38. The molecule has 0 heterocycles. The van der Waals surface area contributed by atoms with E-state index in [0.29, 0.717) is 6.54 Å². The zero-order valence-electron chi connectivity index (χ0n) is 11.6. The highest BCUT2D eigenvalue weighted by atomic mass is 19.1. The van der Waals surface area contributed by atoms with Crippen LogP contribution in [0, 0.1) is 5.82 Å². The maximum absolute atomic E-state index is 13.5. The molecule has 0 fully saturated rings. The summed E-state index contributed by atoms with van der Waals surface area (Å²) in [6, 6.07) is 3.65. The largest absolute Gasteiger partial charge is 0.508 e. The molecule has 1 rings (SSSR count). The first-order valence-electron chi connectivity index (χ1n) is 6.38. The number of carbonyl (C=O) groups excluding carboxylic acids is 1. The molecule has 1 aromatic carbocycles. The van der Waals surface area contributed by atoms with Gasteiger partial charge in [-0.05, 0) is 38.7 Å². The van der Waals surface area contributed by atoms with Crippen LogP contribution in [0.3, 0.4) is 0 Å². The topological polar surface area (TPSA) is 52.6 Å². The number of halogens is 1. The molecule has 0 spiro atoms. The van der Waals surface area contributed by atoms with E-state index in [0.717, 1.165) is 25.0 Å². The van der Waals surface area contributed by atoms with Gasteiger partial charge in [-0.1, -0.05) is 13.3 Å². The molecule has 1 amide bonds. The Morgan fingerprint density at radius 2 is 2.16 bits per heavy atom. The number of rotatable bonds is 6. The van der Waals surface area contributed by atoms with Crippen LogP contribution in [-0.4, -0.2) is 42.6 Å². The fraction of sp³-hybridized carbons (Fsp3) is 0.500. The van der Waals surface area contributed by atoms with Gasteiger partial charge in [0, 0.05) is 12.6 Å². The number of nitrogens with zero attached hydrogens (tertiary/aromatic N) is 1. The van der Waals surface area contributed by atoms with Gasteiger partial charge in [-0.2, -0.15) is 0 Å². The predicted octanol–water partition coefficient (Wildman–Crippen LogP) is 1.99. The molecule has 19 heavy (non-hydrogen) atoms. The lowest BCUT2D eigenvalue weighted by atomic mass is 10.1. The summed E-state index contributed by atoms with van der Waals surface area (Å²) in [6.45, 7) is 2.53. The molecule has 0 saturated heterocycles. The van der Waals surface area contributed by atoms with Crippen LogP contribution in [0.25, 0.3) is 0 Å². The smallest absolute Gasteiger partial charge is 0.254 e. The van der Waals surface area contributed by atoms with Crippen molar-refractivity contribution in [3.63, 3.8) is 0 Å². The molecular weight excluding hydrogens is 247 g/mol. The Morgan fingerprint density at radius 3 is 2.74 bits per heavy atom. The molecule has 0 unspecified atom stereocenters. The number of nitrogens with one attached hydrogen (secondary N) is 1. The van der Waals surface area contributed by atoms with E-state index in [-0.39, 0.29) is 17.4 Å². The monoisotopic (exact) mass is 268 g/mol. The average Bonchev–Trinajstić information content (AvgIpc) is 2.36. The van der Waals surface area contributed by atoms with E-state index in [9.17, 15) is 14.3 Å². The van der Waals surface area contributed by atoms with E-state index >= 15 is 0 Å². The Hall–Kier alpha value is -1.62. The van der Waals surface area contributed by atoms with Gasteiger partial charge in [0.15, 0.2) is 0 Å². The molecule has 0 saturated carbocycles. The first kappa shape index (κ1) is 15.4. The molecule has 0 radical (unpaired) electrons. The number of carbonyl (C=O) groups is 1. The number of hydrogen-bond acceptors (Lipinski definition) is 3. The maximum atomic E-state index is 13.5. The molecule has 0 aliphatic heterocycles. The van der Waals surface area contributed by atoms with Gasteiger partial charge in [-0.25, -0.2) is 4.39 Å². The van der Waals surface area contributed by atoms with Crippen LogP contribution in [-0.2, 0) is 0 Å². The molecular formula is C14H21FN2O2. The van der Waals surface area contributed by atoms with E-state index in [1.54, 1.807) is 0 Å². The Morgan fingerprint density at radius 1 is 1.47 bits per heavy atom. The van der Waals surface area contributed by atoms with E-state index in [2.05, 4.69) is 12.2 Å².